The number of carbonyl (C=O) groups is 1. The van der Waals surface area contributed by atoms with Gasteiger partial charge in [0.15, 0.2) is 0 Å². The number of nitrogens with one attached hydrogen (secondary N) is 1. The van der Waals surface area contributed by atoms with Crippen molar-refractivity contribution in [1.82, 2.24) is 15.2 Å². The monoisotopic (exact) mass is 291 g/mol. The molecule has 0 aliphatic carbocycles. The van der Waals surface area contributed by atoms with Crippen molar-refractivity contribution in [2.75, 3.05) is 19.0 Å². The Kier molecular flexibility index (Phi) is 4.08. The summed E-state index contributed by atoms with van der Waals surface area (Å²) in [4.78, 5) is 25.3. The summed E-state index contributed by atoms with van der Waals surface area (Å²) in [6.45, 7) is 1.80. The van der Waals surface area contributed by atoms with Gasteiger partial charge in [0.2, 0.25) is 0 Å². The van der Waals surface area contributed by atoms with Crippen molar-refractivity contribution in [2.24, 2.45) is 5.84 Å². The lowest BCUT2D eigenvalue weighted by molar-refractivity contribution is 0.0952. The van der Waals surface area contributed by atoms with Gasteiger partial charge in [-0.25, -0.2) is 10.5 Å². The molecule has 0 aliphatic heterocycles. The fraction of sp³-hybridized carbons (Fsp3) is 0.308. The minimum absolute atomic E-state index is 0.144. The van der Waals surface area contributed by atoms with Gasteiger partial charge in [-0.1, -0.05) is 0 Å². The number of hydrogen-bond acceptors (Lipinski definition) is 6. The van der Waals surface area contributed by atoms with Crippen molar-refractivity contribution in [3.63, 3.8) is 0 Å². The van der Waals surface area contributed by atoms with Crippen LogP contribution in [0.1, 0.15) is 21.9 Å². The first kappa shape index (κ1) is 14.8. The first-order valence-corrected chi connectivity index (χ1v) is 6.27. The van der Waals surface area contributed by atoms with Crippen LogP contribution in [0.25, 0.3) is 0 Å². The number of nitrogens with two attached hydrogens (primary N) is 1. The molecule has 21 heavy (non-hydrogen) atoms. The highest BCUT2D eigenvalue weighted by atomic mass is 16.3. The van der Waals surface area contributed by atoms with Gasteiger partial charge in [0.1, 0.15) is 18.1 Å². The molecular formula is C13H17N5O3. The third kappa shape index (κ3) is 3.11. The largest absolute Gasteiger partial charge is 0.464 e. The molecule has 2 heterocycles. The van der Waals surface area contributed by atoms with Crippen LogP contribution in [0.15, 0.2) is 27.5 Å². The average molecular weight is 291 g/mol. The topological polar surface area (TPSA) is 106 Å². The smallest absolute Gasteiger partial charge is 0.269 e. The number of aryl methyl sites for hydroxylation is 1. The summed E-state index contributed by atoms with van der Waals surface area (Å²) >= 11 is 0. The van der Waals surface area contributed by atoms with E-state index in [1.54, 1.807) is 24.1 Å². The van der Waals surface area contributed by atoms with Gasteiger partial charge < -0.3 is 9.32 Å². The molecule has 2 aromatic heterocycles. The van der Waals surface area contributed by atoms with Gasteiger partial charge in [-0.2, -0.15) is 5.10 Å². The van der Waals surface area contributed by atoms with E-state index in [4.69, 9.17) is 10.3 Å². The Hall–Kier alpha value is -2.61. The molecule has 3 N–H and O–H groups in total. The van der Waals surface area contributed by atoms with E-state index in [-0.39, 0.29) is 12.1 Å². The average Bonchev–Trinajstić information content (AvgIpc) is 2.81. The van der Waals surface area contributed by atoms with E-state index in [1.165, 1.54) is 10.7 Å². The van der Waals surface area contributed by atoms with Crippen LogP contribution < -0.4 is 21.7 Å². The van der Waals surface area contributed by atoms with Crippen molar-refractivity contribution in [3.05, 3.63) is 45.8 Å². The fourth-order valence-corrected chi connectivity index (χ4v) is 1.86. The van der Waals surface area contributed by atoms with Gasteiger partial charge in [0, 0.05) is 20.2 Å². The third-order valence-electron chi connectivity index (χ3n) is 3.02. The number of aromatic nitrogens is 2. The predicted octanol–water partition coefficient (Wildman–Crippen LogP) is -0.137. The Balaban J connectivity index is 2.27. The number of carbonyl (C=O) groups excluding carboxylic acids is 1. The van der Waals surface area contributed by atoms with Gasteiger partial charge in [-0.15, -0.1) is 0 Å². The van der Waals surface area contributed by atoms with Crippen LogP contribution >= 0.6 is 0 Å². The van der Waals surface area contributed by atoms with Crippen LogP contribution in [0.4, 0.5) is 5.69 Å². The lowest BCUT2D eigenvalue weighted by atomic mass is 10.2. The summed E-state index contributed by atoms with van der Waals surface area (Å²) in [6, 6.07) is 3.03. The molecule has 0 bridgehead atoms. The van der Waals surface area contributed by atoms with E-state index in [0.717, 1.165) is 5.69 Å². The minimum atomic E-state index is -0.439. The third-order valence-corrected chi connectivity index (χ3v) is 3.02. The number of nitrogen functional groups attached to an aromatic ring is 1. The van der Waals surface area contributed by atoms with Crippen molar-refractivity contribution in [3.8, 4) is 0 Å². The lowest BCUT2D eigenvalue weighted by Crippen LogP contribution is -2.30. The summed E-state index contributed by atoms with van der Waals surface area (Å²) in [7, 11) is 3.66. The zero-order valence-electron chi connectivity index (χ0n) is 12.1. The highest BCUT2D eigenvalue weighted by Gasteiger charge is 2.14. The number of anilines is 1. The lowest BCUT2D eigenvalue weighted by Gasteiger charge is -2.11. The molecule has 112 valence electrons. The van der Waals surface area contributed by atoms with Crippen LogP contribution in [-0.4, -0.2) is 29.8 Å². The van der Waals surface area contributed by atoms with Crippen molar-refractivity contribution < 1.29 is 9.21 Å². The maximum atomic E-state index is 12.0. The Labute approximate surface area is 121 Å². The molecule has 0 radical (unpaired) electrons. The van der Waals surface area contributed by atoms with Crippen LogP contribution in [0.2, 0.25) is 0 Å². The molecule has 0 aliphatic rings. The number of hydrogen-bond donors (Lipinski definition) is 2. The van der Waals surface area contributed by atoms with Crippen LogP contribution in [0.3, 0.4) is 0 Å². The van der Waals surface area contributed by atoms with E-state index >= 15 is 0 Å². The van der Waals surface area contributed by atoms with Crippen molar-refractivity contribution in [1.29, 1.82) is 0 Å². The molecule has 2 rings (SSSR count). The maximum absolute atomic E-state index is 12.0. The molecule has 2 aromatic rings. The van der Waals surface area contributed by atoms with Gasteiger partial charge >= 0.3 is 0 Å². The van der Waals surface area contributed by atoms with E-state index in [2.05, 4.69) is 5.10 Å². The fourth-order valence-electron chi connectivity index (χ4n) is 1.86. The minimum Gasteiger partial charge on any atom is -0.464 e. The normalized spacial score (nSPS) is 10.5. The van der Waals surface area contributed by atoms with E-state index < -0.39 is 5.91 Å². The van der Waals surface area contributed by atoms with Crippen molar-refractivity contribution >= 4 is 11.6 Å². The number of hydrazine groups is 1. The second-order valence-electron chi connectivity index (χ2n) is 4.76. The molecule has 0 atom stereocenters. The zero-order valence-corrected chi connectivity index (χ0v) is 12.1. The molecule has 0 saturated carbocycles. The van der Waals surface area contributed by atoms with Gasteiger partial charge in [-0.3, -0.25) is 15.0 Å². The number of rotatable bonds is 4. The summed E-state index contributed by atoms with van der Waals surface area (Å²) in [6.07, 6.45) is 1.59. The van der Waals surface area contributed by atoms with Gasteiger partial charge in [0.25, 0.3) is 11.5 Å². The number of nitrogens with zero attached hydrogens (tertiary/aromatic N) is 3. The first-order chi connectivity index (χ1) is 9.92. The van der Waals surface area contributed by atoms with E-state index in [9.17, 15) is 9.59 Å². The second-order valence-corrected chi connectivity index (χ2v) is 4.76. The summed E-state index contributed by atoms with van der Waals surface area (Å²) in [5.74, 6) is 5.54. The van der Waals surface area contributed by atoms with Gasteiger partial charge in [0.05, 0.1) is 17.4 Å². The quantitative estimate of drug-likeness (QED) is 0.461. The number of furan rings is 1. The summed E-state index contributed by atoms with van der Waals surface area (Å²) in [5.41, 5.74) is 2.85. The molecular weight excluding hydrogens is 274 g/mol. The molecule has 0 unspecified atom stereocenters. The standard InChI is InChI=1S/C13H17N5O3/c1-8-11(13(20)16-14)5-10(21-8)7-18-12(19)4-9(6-15-18)17(2)3/h4-6H,7,14H2,1-3H3,(H,16,20). The molecule has 0 fully saturated rings. The van der Waals surface area contributed by atoms with Crippen LogP contribution in [-0.2, 0) is 6.54 Å². The first-order valence-electron chi connectivity index (χ1n) is 6.27. The van der Waals surface area contributed by atoms with E-state index in [1.807, 2.05) is 19.5 Å². The molecule has 0 saturated heterocycles. The maximum Gasteiger partial charge on any atom is 0.269 e. The Morgan fingerprint density at radius 3 is 2.76 bits per heavy atom. The molecule has 8 heteroatoms. The summed E-state index contributed by atoms with van der Waals surface area (Å²) in [5, 5.41) is 4.08. The highest BCUT2D eigenvalue weighted by molar-refractivity contribution is 5.94. The van der Waals surface area contributed by atoms with Crippen LogP contribution in [0.5, 0.6) is 0 Å². The predicted molar refractivity (Wildman–Crippen MR) is 77.0 cm³/mol. The van der Waals surface area contributed by atoms with E-state index in [0.29, 0.717) is 17.1 Å². The zero-order chi connectivity index (χ0) is 15.6. The summed E-state index contributed by atoms with van der Waals surface area (Å²) < 4.78 is 6.71. The second kappa shape index (κ2) is 5.80. The Morgan fingerprint density at radius 1 is 1.48 bits per heavy atom. The molecule has 8 nitrogen and oxygen atoms in total. The SMILES string of the molecule is Cc1oc(Cn2ncc(N(C)C)cc2=O)cc1C(=O)NN. The molecule has 0 spiro atoms. The molecule has 0 aromatic carbocycles. The van der Waals surface area contributed by atoms with Crippen LogP contribution in [0, 0.1) is 6.92 Å². The Morgan fingerprint density at radius 2 is 2.19 bits per heavy atom. The molecule has 1 amide bonds. The van der Waals surface area contributed by atoms with Crippen molar-refractivity contribution in [2.45, 2.75) is 13.5 Å². The highest BCUT2D eigenvalue weighted by Crippen LogP contribution is 2.15. The number of amides is 1. The van der Waals surface area contributed by atoms with Gasteiger partial charge in [-0.05, 0) is 13.0 Å². The Bertz CT molecular complexity index is 717.